The normalized spacial score (nSPS) is 10.1. The fourth-order valence-corrected chi connectivity index (χ4v) is 1.45. The van der Waals surface area contributed by atoms with E-state index in [2.05, 4.69) is 10.3 Å². The average molecular weight is 264 g/mol. The van der Waals surface area contributed by atoms with Crippen LogP contribution in [0.5, 0.6) is 5.75 Å². The van der Waals surface area contributed by atoms with Crippen LogP contribution in [0.15, 0.2) is 36.5 Å². The van der Waals surface area contributed by atoms with Gasteiger partial charge in [-0.05, 0) is 24.3 Å². The van der Waals surface area contributed by atoms with E-state index in [1.165, 1.54) is 31.4 Å². The van der Waals surface area contributed by atoms with Crippen LogP contribution in [0.2, 0.25) is 0 Å². The molecular formula is C13H10F2N2O2. The van der Waals surface area contributed by atoms with Gasteiger partial charge in [0.1, 0.15) is 0 Å². The van der Waals surface area contributed by atoms with Gasteiger partial charge in [0.25, 0.3) is 5.91 Å². The first kappa shape index (κ1) is 12.9. The van der Waals surface area contributed by atoms with Gasteiger partial charge in [-0.15, -0.1) is 0 Å². The molecule has 0 radical (unpaired) electrons. The number of halogens is 2. The molecule has 2 aromatic rings. The summed E-state index contributed by atoms with van der Waals surface area (Å²) in [5.41, 5.74) is 0.567. The third kappa shape index (κ3) is 3.04. The van der Waals surface area contributed by atoms with Crippen molar-refractivity contribution in [1.29, 1.82) is 0 Å². The number of carbonyl (C=O) groups excluding carboxylic acids is 1. The highest BCUT2D eigenvalue weighted by Gasteiger charge is 2.09. The molecule has 1 N–H and O–H groups in total. The Kier molecular flexibility index (Phi) is 3.70. The lowest BCUT2D eigenvalue weighted by molar-refractivity contribution is 0.102. The van der Waals surface area contributed by atoms with E-state index < -0.39 is 17.7 Å². The zero-order chi connectivity index (χ0) is 13.8. The first-order chi connectivity index (χ1) is 9.10. The van der Waals surface area contributed by atoms with Gasteiger partial charge in [0.2, 0.25) is 5.95 Å². The van der Waals surface area contributed by atoms with E-state index in [1.807, 2.05) is 0 Å². The van der Waals surface area contributed by atoms with Crippen molar-refractivity contribution in [3.63, 3.8) is 0 Å². The van der Waals surface area contributed by atoms with Crippen molar-refractivity contribution in [2.45, 2.75) is 0 Å². The number of amides is 1. The number of nitrogens with one attached hydrogen (secondary N) is 1. The molecule has 1 aromatic carbocycles. The predicted octanol–water partition coefficient (Wildman–Crippen LogP) is 2.62. The third-order valence-corrected chi connectivity index (χ3v) is 2.40. The Bertz CT molecular complexity index is 600. The second kappa shape index (κ2) is 5.43. The van der Waals surface area contributed by atoms with Gasteiger partial charge in [0.15, 0.2) is 11.6 Å². The summed E-state index contributed by atoms with van der Waals surface area (Å²) in [5, 5.41) is 2.53. The Morgan fingerprint density at radius 2 is 2.05 bits per heavy atom. The molecule has 0 spiro atoms. The lowest BCUT2D eigenvalue weighted by Gasteiger charge is -2.07. The molecule has 0 saturated heterocycles. The number of methoxy groups -OCH3 is 1. The zero-order valence-corrected chi connectivity index (χ0v) is 9.98. The molecule has 6 heteroatoms. The smallest absolute Gasteiger partial charge is 0.257 e. The fraction of sp³-hybridized carbons (Fsp3) is 0.0769. The molecule has 0 aliphatic carbocycles. The van der Waals surface area contributed by atoms with Gasteiger partial charge in [0, 0.05) is 18.0 Å². The van der Waals surface area contributed by atoms with Gasteiger partial charge in [-0.1, -0.05) is 0 Å². The van der Waals surface area contributed by atoms with Crippen molar-refractivity contribution in [1.82, 2.24) is 4.98 Å². The number of hydrogen-bond acceptors (Lipinski definition) is 3. The van der Waals surface area contributed by atoms with Crippen LogP contribution in [0.4, 0.5) is 14.5 Å². The molecule has 4 nitrogen and oxygen atoms in total. The lowest BCUT2D eigenvalue weighted by Crippen LogP contribution is -2.12. The summed E-state index contributed by atoms with van der Waals surface area (Å²) >= 11 is 0. The Morgan fingerprint density at radius 3 is 2.68 bits per heavy atom. The van der Waals surface area contributed by atoms with Crippen LogP contribution in [0.3, 0.4) is 0 Å². The molecule has 0 aliphatic heterocycles. The quantitative estimate of drug-likeness (QED) is 0.867. The Morgan fingerprint density at radius 1 is 1.26 bits per heavy atom. The van der Waals surface area contributed by atoms with Crippen LogP contribution >= 0.6 is 0 Å². The van der Waals surface area contributed by atoms with Gasteiger partial charge in [-0.3, -0.25) is 4.79 Å². The Hall–Kier alpha value is -2.50. The molecule has 1 heterocycles. The van der Waals surface area contributed by atoms with Crippen LogP contribution in [0, 0.1) is 11.8 Å². The van der Waals surface area contributed by atoms with E-state index in [4.69, 9.17) is 4.74 Å². The summed E-state index contributed by atoms with van der Waals surface area (Å²) in [7, 11) is 1.33. The summed E-state index contributed by atoms with van der Waals surface area (Å²) < 4.78 is 30.6. The van der Waals surface area contributed by atoms with Gasteiger partial charge in [0.05, 0.1) is 12.7 Å². The summed E-state index contributed by atoms with van der Waals surface area (Å²) in [6.45, 7) is 0. The van der Waals surface area contributed by atoms with Crippen LogP contribution in [-0.2, 0) is 0 Å². The van der Waals surface area contributed by atoms with E-state index in [1.54, 1.807) is 0 Å². The first-order valence-corrected chi connectivity index (χ1v) is 5.36. The SMILES string of the molecule is COc1cc(NC(=O)c2ccc(F)nc2)ccc1F. The van der Waals surface area contributed by atoms with E-state index in [0.29, 0.717) is 5.69 Å². The summed E-state index contributed by atoms with van der Waals surface area (Å²) in [6, 6.07) is 6.31. The Labute approximate surface area is 108 Å². The number of ether oxygens (including phenoxy) is 1. The molecule has 19 heavy (non-hydrogen) atoms. The topological polar surface area (TPSA) is 51.2 Å². The van der Waals surface area contributed by atoms with Crippen molar-refractivity contribution in [3.8, 4) is 5.75 Å². The molecule has 0 bridgehead atoms. The fourth-order valence-electron chi connectivity index (χ4n) is 1.45. The average Bonchev–Trinajstić information content (AvgIpc) is 2.41. The molecule has 1 aromatic heterocycles. The number of anilines is 1. The molecule has 0 atom stereocenters. The Balaban J connectivity index is 2.17. The van der Waals surface area contributed by atoms with E-state index >= 15 is 0 Å². The number of carbonyl (C=O) groups is 1. The highest BCUT2D eigenvalue weighted by Crippen LogP contribution is 2.21. The standard InChI is InChI=1S/C13H10F2N2O2/c1-19-11-6-9(3-4-10(11)14)17-13(18)8-2-5-12(15)16-7-8/h2-7H,1H3,(H,17,18). The van der Waals surface area contributed by atoms with Gasteiger partial charge >= 0.3 is 0 Å². The van der Waals surface area contributed by atoms with Crippen LogP contribution in [0.25, 0.3) is 0 Å². The maximum Gasteiger partial charge on any atom is 0.257 e. The molecule has 0 aliphatic rings. The molecule has 0 saturated carbocycles. The van der Waals surface area contributed by atoms with E-state index in [9.17, 15) is 13.6 Å². The zero-order valence-electron chi connectivity index (χ0n) is 9.98. The summed E-state index contributed by atoms with van der Waals surface area (Å²) in [6.07, 6.45) is 1.12. The molecule has 0 unspecified atom stereocenters. The predicted molar refractivity (Wildman–Crippen MR) is 65.1 cm³/mol. The van der Waals surface area contributed by atoms with Gasteiger partial charge in [-0.25, -0.2) is 9.37 Å². The second-order valence-corrected chi connectivity index (χ2v) is 3.67. The summed E-state index contributed by atoms with van der Waals surface area (Å²) in [4.78, 5) is 15.2. The first-order valence-electron chi connectivity index (χ1n) is 5.36. The van der Waals surface area contributed by atoms with Crippen molar-refractivity contribution in [2.75, 3.05) is 12.4 Å². The van der Waals surface area contributed by atoms with E-state index in [0.717, 1.165) is 12.3 Å². The maximum absolute atomic E-state index is 13.2. The number of benzene rings is 1. The number of nitrogens with zero attached hydrogens (tertiary/aromatic N) is 1. The number of hydrogen-bond donors (Lipinski definition) is 1. The minimum atomic E-state index is -0.667. The molecule has 0 fully saturated rings. The number of aromatic nitrogens is 1. The minimum Gasteiger partial charge on any atom is -0.494 e. The van der Waals surface area contributed by atoms with Crippen LogP contribution in [0.1, 0.15) is 10.4 Å². The van der Waals surface area contributed by atoms with Crippen molar-refractivity contribution < 1.29 is 18.3 Å². The molecule has 98 valence electrons. The van der Waals surface area contributed by atoms with Gasteiger partial charge < -0.3 is 10.1 Å². The van der Waals surface area contributed by atoms with Crippen LogP contribution in [-0.4, -0.2) is 18.0 Å². The molecule has 2 rings (SSSR count). The number of pyridine rings is 1. The summed E-state index contributed by atoms with van der Waals surface area (Å²) in [5.74, 6) is -1.64. The van der Waals surface area contributed by atoms with Gasteiger partial charge in [-0.2, -0.15) is 4.39 Å². The molecule has 1 amide bonds. The third-order valence-electron chi connectivity index (χ3n) is 2.40. The van der Waals surface area contributed by atoms with Crippen molar-refractivity contribution in [2.24, 2.45) is 0 Å². The lowest BCUT2D eigenvalue weighted by atomic mass is 10.2. The maximum atomic E-state index is 13.2. The largest absolute Gasteiger partial charge is 0.494 e. The monoisotopic (exact) mass is 264 g/mol. The van der Waals surface area contributed by atoms with Crippen molar-refractivity contribution >= 4 is 11.6 Å². The van der Waals surface area contributed by atoms with Crippen LogP contribution < -0.4 is 10.1 Å². The minimum absolute atomic E-state index is 0.0232. The highest BCUT2D eigenvalue weighted by molar-refractivity contribution is 6.04. The van der Waals surface area contributed by atoms with Crippen molar-refractivity contribution in [3.05, 3.63) is 53.9 Å². The van der Waals surface area contributed by atoms with E-state index in [-0.39, 0.29) is 11.3 Å². The highest BCUT2D eigenvalue weighted by atomic mass is 19.1. The second-order valence-electron chi connectivity index (χ2n) is 3.67. The molecular weight excluding hydrogens is 254 g/mol. The number of rotatable bonds is 3.